The molecule has 1 heterocycles. The van der Waals surface area contributed by atoms with Crippen molar-refractivity contribution in [2.75, 3.05) is 25.6 Å². The first kappa shape index (κ1) is 20.0. The van der Waals surface area contributed by atoms with E-state index in [1.54, 1.807) is 7.11 Å². The summed E-state index contributed by atoms with van der Waals surface area (Å²) < 4.78 is 10.7. The smallest absolute Gasteiger partial charge is 0.241 e. The molecule has 1 saturated carbocycles. The van der Waals surface area contributed by atoms with Crippen molar-refractivity contribution in [1.29, 1.82) is 0 Å². The molecule has 0 bridgehead atoms. The molecule has 3 atom stereocenters. The van der Waals surface area contributed by atoms with E-state index in [0.717, 1.165) is 24.3 Å². The molecule has 0 radical (unpaired) electrons. The van der Waals surface area contributed by atoms with Crippen molar-refractivity contribution in [3.8, 4) is 5.75 Å². The van der Waals surface area contributed by atoms with E-state index in [0.29, 0.717) is 25.2 Å². The molecule has 2 aliphatic rings. The van der Waals surface area contributed by atoms with Crippen LogP contribution in [0.4, 0.5) is 5.69 Å². The molecule has 1 aromatic rings. The fraction of sp³-hybridized carbons (Fsp3) is 0.632. The Hall–Kier alpha value is -1.30. The number of carbonyl (C=O) groups excluding carboxylic acids is 1. The van der Waals surface area contributed by atoms with Crippen molar-refractivity contribution in [2.24, 2.45) is 5.92 Å². The highest BCUT2D eigenvalue weighted by Crippen LogP contribution is 2.33. The van der Waals surface area contributed by atoms with Crippen LogP contribution < -0.4 is 15.4 Å². The van der Waals surface area contributed by atoms with Gasteiger partial charge in [-0.25, -0.2) is 0 Å². The molecule has 6 heteroatoms. The lowest BCUT2D eigenvalue weighted by Crippen LogP contribution is -2.39. The average molecular weight is 369 g/mol. The van der Waals surface area contributed by atoms with Crippen LogP contribution in [0, 0.1) is 5.92 Å². The van der Waals surface area contributed by atoms with Crippen molar-refractivity contribution in [3.05, 3.63) is 24.3 Å². The maximum atomic E-state index is 12.5. The second-order valence-electron chi connectivity index (χ2n) is 6.82. The summed E-state index contributed by atoms with van der Waals surface area (Å²) in [5, 5.41) is 6.55. The SMILES string of the molecule is COCCCOc1cccc(NC(=O)C2CC3CCCCC3N2)c1.Cl. The summed E-state index contributed by atoms with van der Waals surface area (Å²) in [6, 6.07) is 8.07. The van der Waals surface area contributed by atoms with Crippen LogP contribution in [-0.2, 0) is 9.53 Å². The van der Waals surface area contributed by atoms with Crippen molar-refractivity contribution < 1.29 is 14.3 Å². The van der Waals surface area contributed by atoms with Crippen LogP contribution in [0.25, 0.3) is 0 Å². The van der Waals surface area contributed by atoms with E-state index in [-0.39, 0.29) is 24.4 Å². The van der Waals surface area contributed by atoms with Gasteiger partial charge in [-0.3, -0.25) is 4.79 Å². The Bertz CT molecular complexity index is 541. The summed E-state index contributed by atoms with van der Waals surface area (Å²) in [7, 11) is 1.68. The maximum Gasteiger partial charge on any atom is 0.241 e. The number of anilines is 1. The Morgan fingerprint density at radius 2 is 2.12 bits per heavy atom. The van der Waals surface area contributed by atoms with Crippen LogP contribution in [0.5, 0.6) is 5.75 Å². The minimum atomic E-state index is -0.0654. The normalized spacial score (nSPS) is 24.9. The number of benzene rings is 1. The Balaban J connectivity index is 0.00000225. The number of halogens is 1. The Kier molecular flexibility index (Phi) is 8.00. The third-order valence-electron chi connectivity index (χ3n) is 5.04. The fourth-order valence-electron chi connectivity index (χ4n) is 3.81. The van der Waals surface area contributed by atoms with Gasteiger partial charge in [0.2, 0.25) is 5.91 Å². The highest BCUT2D eigenvalue weighted by atomic mass is 35.5. The highest BCUT2D eigenvalue weighted by molar-refractivity contribution is 5.95. The van der Waals surface area contributed by atoms with E-state index >= 15 is 0 Å². The highest BCUT2D eigenvalue weighted by Gasteiger charge is 2.38. The summed E-state index contributed by atoms with van der Waals surface area (Å²) in [6.45, 7) is 1.30. The number of carbonyl (C=O) groups is 1. The van der Waals surface area contributed by atoms with Gasteiger partial charge in [-0.1, -0.05) is 18.9 Å². The fourth-order valence-corrected chi connectivity index (χ4v) is 3.81. The first-order valence-electron chi connectivity index (χ1n) is 9.05. The van der Waals surface area contributed by atoms with Gasteiger partial charge in [-0.05, 0) is 37.3 Å². The van der Waals surface area contributed by atoms with E-state index < -0.39 is 0 Å². The molecule has 1 saturated heterocycles. The number of hydrogen-bond acceptors (Lipinski definition) is 4. The number of nitrogens with one attached hydrogen (secondary N) is 2. The maximum absolute atomic E-state index is 12.5. The lowest BCUT2D eigenvalue weighted by atomic mass is 9.85. The zero-order chi connectivity index (χ0) is 16.8. The molecule has 5 nitrogen and oxygen atoms in total. The quantitative estimate of drug-likeness (QED) is 0.724. The number of methoxy groups -OCH3 is 1. The summed E-state index contributed by atoms with van der Waals surface area (Å²) in [5.41, 5.74) is 0.793. The van der Waals surface area contributed by atoms with Gasteiger partial charge in [0.25, 0.3) is 0 Å². The summed E-state index contributed by atoms with van der Waals surface area (Å²) in [6.07, 6.45) is 6.86. The van der Waals surface area contributed by atoms with Crippen LogP contribution in [-0.4, -0.2) is 38.3 Å². The number of rotatable bonds is 7. The van der Waals surface area contributed by atoms with Crippen molar-refractivity contribution in [2.45, 2.75) is 50.6 Å². The predicted molar refractivity (Wildman–Crippen MR) is 102 cm³/mol. The molecule has 2 N–H and O–H groups in total. The predicted octanol–water partition coefficient (Wildman–Crippen LogP) is 3.38. The summed E-state index contributed by atoms with van der Waals surface area (Å²) in [5.74, 6) is 1.52. The van der Waals surface area contributed by atoms with Crippen LogP contribution in [0.3, 0.4) is 0 Å². The molecule has 25 heavy (non-hydrogen) atoms. The monoisotopic (exact) mass is 368 g/mol. The second kappa shape index (κ2) is 10.00. The van der Waals surface area contributed by atoms with Gasteiger partial charge in [0, 0.05) is 37.9 Å². The zero-order valence-electron chi connectivity index (χ0n) is 14.8. The molecule has 1 aromatic carbocycles. The molecule has 0 spiro atoms. The number of hydrogen-bond donors (Lipinski definition) is 2. The standard InChI is InChI=1S/C19H28N2O3.ClH/c1-23-10-5-11-24-16-8-4-7-15(13-16)20-19(22)18-12-14-6-2-3-9-17(14)21-18;/h4,7-8,13-14,17-18,21H,2-3,5-6,9-12H2,1H3,(H,20,22);1H. The lowest BCUT2D eigenvalue weighted by molar-refractivity contribution is -0.117. The van der Waals surface area contributed by atoms with Crippen LogP contribution in [0.1, 0.15) is 38.5 Å². The second-order valence-corrected chi connectivity index (χ2v) is 6.82. The van der Waals surface area contributed by atoms with Gasteiger partial charge in [-0.15, -0.1) is 12.4 Å². The van der Waals surface area contributed by atoms with E-state index in [9.17, 15) is 4.79 Å². The van der Waals surface area contributed by atoms with Crippen molar-refractivity contribution in [1.82, 2.24) is 5.32 Å². The molecular formula is C19H29ClN2O3. The molecule has 1 aliphatic heterocycles. The van der Waals surface area contributed by atoms with Gasteiger partial charge in [0.05, 0.1) is 12.6 Å². The van der Waals surface area contributed by atoms with E-state index in [4.69, 9.17) is 9.47 Å². The molecule has 1 aliphatic carbocycles. The number of ether oxygens (including phenoxy) is 2. The third kappa shape index (κ3) is 5.59. The van der Waals surface area contributed by atoms with E-state index in [1.165, 1.54) is 25.7 Å². The third-order valence-corrected chi connectivity index (χ3v) is 5.04. The Morgan fingerprint density at radius 1 is 1.28 bits per heavy atom. The molecule has 2 fully saturated rings. The molecule has 1 amide bonds. The van der Waals surface area contributed by atoms with Crippen LogP contribution in [0.15, 0.2) is 24.3 Å². The molecule has 3 rings (SSSR count). The molecular weight excluding hydrogens is 340 g/mol. The molecule has 3 unspecified atom stereocenters. The van der Waals surface area contributed by atoms with E-state index in [2.05, 4.69) is 10.6 Å². The van der Waals surface area contributed by atoms with Crippen molar-refractivity contribution in [3.63, 3.8) is 0 Å². The molecule has 140 valence electrons. The van der Waals surface area contributed by atoms with Gasteiger partial charge < -0.3 is 20.1 Å². The van der Waals surface area contributed by atoms with Gasteiger partial charge in [0.1, 0.15) is 5.75 Å². The first-order chi connectivity index (χ1) is 11.8. The van der Waals surface area contributed by atoms with Crippen LogP contribution >= 0.6 is 12.4 Å². The largest absolute Gasteiger partial charge is 0.493 e. The molecule has 0 aromatic heterocycles. The minimum absolute atomic E-state index is 0. The summed E-state index contributed by atoms with van der Waals surface area (Å²) in [4.78, 5) is 12.5. The average Bonchev–Trinajstić information content (AvgIpc) is 3.03. The lowest BCUT2D eigenvalue weighted by Gasteiger charge is -2.24. The van der Waals surface area contributed by atoms with Gasteiger partial charge in [-0.2, -0.15) is 0 Å². The van der Waals surface area contributed by atoms with Crippen molar-refractivity contribution >= 4 is 24.0 Å². The van der Waals surface area contributed by atoms with Gasteiger partial charge in [0.15, 0.2) is 0 Å². The topological polar surface area (TPSA) is 59.6 Å². The zero-order valence-corrected chi connectivity index (χ0v) is 15.6. The minimum Gasteiger partial charge on any atom is -0.493 e. The Labute approximate surface area is 156 Å². The number of amides is 1. The number of fused-ring (bicyclic) bond motifs is 1. The van der Waals surface area contributed by atoms with Gasteiger partial charge >= 0.3 is 0 Å². The van der Waals surface area contributed by atoms with Crippen LogP contribution in [0.2, 0.25) is 0 Å². The summed E-state index contributed by atoms with van der Waals surface area (Å²) >= 11 is 0. The first-order valence-corrected chi connectivity index (χ1v) is 9.05. The van der Waals surface area contributed by atoms with E-state index in [1.807, 2.05) is 24.3 Å². The Morgan fingerprint density at radius 3 is 2.92 bits per heavy atom.